The smallest absolute Gasteiger partial charge is 0.0117 e. The Labute approximate surface area is 62.9 Å². The van der Waals surface area contributed by atoms with E-state index >= 15 is 0 Å². The van der Waals surface area contributed by atoms with Gasteiger partial charge in [0.15, 0.2) is 0 Å². The normalized spacial score (nSPS) is 9.90. The molecule has 0 unspecified atom stereocenters. The van der Waals surface area contributed by atoms with Crippen molar-refractivity contribution < 1.29 is 0 Å². The highest BCUT2D eigenvalue weighted by atomic mass is 14.0. The van der Waals surface area contributed by atoms with Gasteiger partial charge in [-0.15, -0.1) is 0 Å². The molecule has 0 nitrogen and oxygen atoms in total. The van der Waals surface area contributed by atoms with Crippen molar-refractivity contribution in [3.05, 3.63) is 41.8 Å². The molecular weight excluding hydrogens is 120 g/mol. The van der Waals surface area contributed by atoms with Crippen LogP contribution in [0.15, 0.2) is 12.1 Å². The molecule has 52 valence electrons. The molecule has 0 aliphatic carbocycles. The average Bonchev–Trinajstić information content (AvgIpc) is 1.85. The predicted octanol–water partition coefficient (Wildman–Crippen LogP) is 2.54. The molecule has 0 bridgehead atoms. The molecule has 0 aromatic heterocycles. The maximum atomic E-state index is 3.87. The van der Waals surface area contributed by atoms with Gasteiger partial charge in [0.25, 0.3) is 0 Å². The predicted molar refractivity (Wildman–Crippen MR) is 43.9 cm³/mol. The first kappa shape index (κ1) is 7.33. The summed E-state index contributed by atoms with van der Waals surface area (Å²) in [5, 5.41) is 0. The molecule has 10 heavy (non-hydrogen) atoms. The number of aryl methyl sites for hydroxylation is 2. The lowest BCUT2D eigenvalue weighted by atomic mass is 10.1. The highest BCUT2D eigenvalue weighted by Gasteiger charge is 1.92. The summed E-state index contributed by atoms with van der Waals surface area (Å²) in [6.45, 7) is 8.05. The molecule has 0 heterocycles. The van der Waals surface area contributed by atoms with Crippen LogP contribution in [0.25, 0.3) is 0 Å². The zero-order valence-corrected chi connectivity index (χ0v) is 6.57. The largest absolute Gasteiger partial charge is 0.0613 e. The first-order chi connectivity index (χ1) is 4.72. The fraction of sp³-hybridized carbons (Fsp3) is 0.300. The highest BCUT2D eigenvalue weighted by Crippen LogP contribution is 2.07. The lowest BCUT2D eigenvalue weighted by Gasteiger charge is -1.99. The van der Waals surface area contributed by atoms with Crippen molar-refractivity contribution in [2.75, 3.05) is 0 Å². The number of benzene rings is 1. The summed E-state index contributed by atoms with van der Waals surface area (Å²) in [7, 11) is 0. The van der Waals surface area contributed by atoms with Gasteiger partial charge in [0.05, 0.1) is 0 Å². The molecule has 0 heteroatoms. The first-order valence-electron chi connectivity index (χ1n) is 3.57. The average molecular weight is 132 g/mol. The van der Waals surface area contributed by atoms with E-state index in [9.17, 15) is 0 Å². The summed E-state index contributed by atoms with van der Waals surface area (Å²) < 4.78 is 0. The van der Waals surface area contributed by atoms with Gasteiger partial charge in [-0.05, 0) is 43.0 Å². The Morgan fingerprint density at radius 2 is 2.20 bits per heavy atom. The monoisotopic (exact) mass is 132 g/mol. The van der Waals surface area contributed by atoms with E-state index in [0.717, 1.165) is 12.0 Å². The molecule has 0 saturated carbocycles. The van der Waals surface area contributed by atoms with Gasteiger partial charge in [-0.25, -0.2) is 0 Å². The van der Waals surface area contributed by atoms with E-state index < -0.39 is 0 Å². The van der Waals surface area contributed by atoms with Crippen LogP contribution in [0.2, 0.25) is 0 Å². The van der Waals surface area contributed by atoms with Gasteiger partial charge in [-0.1, -0.05) is 19.1 Å². The summed E-state index contributed by atoms with van der Waals surface area (Å²) in [6.07, 6.45) is 1.05. The van der Waals surface area contributed by atoms with E-state index in [1.165, 1.54) is 11.1 Å². The van der Waals surface area contributed by atoms with Crippen LogP contribution in [0.5, 0.6) is 0 Å². The van der Waals surface area contributed by atoms with Gasteiger partial charge in [-0.2, -0.15) is 0 Å². The van der Waals surface area contributed by atoms with Crippen LogP contribution in [-0.2, 0) is 6.42 Å². The third-order valence-electron chi connectivity index (χ3n) is 1.50. The van der Waals surface area contributed by atoms with Gasteiger partial charge in [0.1, 0.15) is 0 Å². The third kappa shape index (κ3) is 1.60. The Balaban J connectivity index is 3.06. The number of rotatable bonds is 1. The molecule has 0 aliphatic rings. The molecule has 0 spiro atoms. The standard InChI is InChI=1S/C10H12/c1-4-10-6-8(2)5-9(3)7-10/h5-6H,2,4H2,1,3H3. The van der Waals surface area contributed by atoms with Crippen LogP contribution in [-0.4, -0.2) is 0 Å². The van der Waals surface area contributed by atoms with Crippen LogP contribution < -0.4 is 0 Å². The minimum atomic E-state index is 1.05. The first-order valence-corrected chi connectivity index (χ1v) is 3.57. The molecule has 1 rings (SSSR count). The van der Waals surface area contributed by atoms with E-state index in [-0.39, 0.29) is 0 Å². The van der Waals surface area contributed by atoms with Gasteiger partial charge in [0.2, 0.25) is 0 Å². The van der Waals surface area contributed by atoms with E-state index in [1.54, 1.807) is 0 Å². The second-order valence-electron chi connectivity index (χ2n) is 2.55. The molecule has 0 saturated heterocycles. The Morgan fingerprint density at radius 1 is 1.50 bits per heavy atom. The quantitative estimate of drug-likeness (QED) is 0.551. The van der Waals surface area contributed by atoms with E-state index in [2.05, 4.69) is 26.0 Å². The second-order valence-corrected chi connectivity index (χ2v) is 2.55. The molecular formula is C10H12. The Hall–Kier alpha value is -0.780. The topological polar surface area (TPSA) is 0 Å². The SMILES string of the molecule is [CH2]c1cc(C)[c]c(CC)c1. The minimum Gasteiger partial charge on any atom is -0.0613 e. The summed E-state index contributed by atoms with van der Waals surface area (Å²) >= 11 is 0. The van der Waals surface area contributed by atoms with Crippen LogP contribution in [0.1, 0.15) is 23.6 Å². The Kier molecular flexibility index (Phi) is 2.10. The lowest BCUT2D eigenvalue weighted by Crippen LogP contribution is -1.84. The molecule has 1 aromatic rings. The van der Waals surface area contributed by atoms with Crippen molar-refractivity contribution in [1.29, 1.82) is 0 Å². The van der Waals surface area contributed by atoms with E-state index in [0.29, 0.717) is 0 Å². The van der Waals surface area contributed by atoms with Crippen molar-refractivity contribution in [2.24, 2.45) is 0 Å². The minimum absolute atomic E-state index is 1.05. The van der Waals surface area contributed by atoms with Crippen LogP contribution in [0.3, 0.4) is 0 Å². The summed E-state index contributed by atoms with van der Waals surface area (Å²) in [5.74, 6) is 0. The fourth-order valence-electron chi connectivity index (χ4n) is 1.06. The Morgan fingerprint density at radius 3 is 2.70 bits per heavy atom. The van der Waals surface area contributed by atoms with E-state index in [4.69, 9.17) is 0 Å². The second kappa shape index (κ2) is 2.87. The fourth-order valence-corrected chi connectivity index (χ4v) is 1.06. The van der Waals surface area contributed by atoms with Crippen molar-refractivity contribution in [3.8, 4) is 0 Å². The zero-order valence-electron chi connectivity index (χ0n) is 6.57. The summed E-state index contributed by atoms with van der Waals surface area (Å²) in [6, 6.07) is 7.38. The molecule has 0 N–H and O–H groups in total. The lowest BCUT2D eigenvalue weighted by molar-refractivity contribution is 1.12. The maximum Gasteiger partial charge on any atom is -0.0117 e. The van der Waals surface area contributed by atoms with Crippen molar-refractivity contribution >= 4 is 0 Å². The summed E-state index contributed by atoms with van der Waals surface area (Å²) in [5.41, 5.74) is 3.53. The Bertz CT molecular complexity index is 203. The number of hydrogen-bond acceptors (Lipinski definition) is 0. The molecule has 1 aromatic carbocycles. The molecule has 2 radical (unpaired) electrons. The maximum absolute atomic E-state index is 3.87. The van der Waals surface area contributed by atoms with Gasteiger partial charge >= 0.3 is 0 Å². The van der Waals surface area contributed by atoms with Crippen molar-refractivity contribution in [3.63, 3.8) is 0 Å². The van der Waals surface area contributed by atoms with Gasteiger partial charge in [0, 0.05) is 0 Å². The van der Waals surface area contributed by atoms with Crippen molar-refractivity contribution in [1.82, 2.24) is 0 Å². The molecule has 0 aliphatic heterocycles. The summed E-state index contributed by atoms with van der Waals surface area (Å²) in [4.78, 5) is 0. The number of hydrogen-bond donors (Lipinski definition) is 0. The van der Waals surface area contributed by atoms with Crippen LogP contribution in [0.4, 0.5) is 0 Å². The van der Waals surface area contributed by atoms with E-state index in [1.807, 2.05) is 13.0 Å². The van der Waals surface area contributed by atoms with Crippen LogP contribution >= 0.6 is 0 Å². The highest BCUT2D eigenvalue weighted by molar-refractivity contribution is 5.29. The van der Waals surface area contributed by atoms with Gasteiger partial charge < -0.3 is 0 Å². The zero-order chi connectivity index (χ0) is 7.56. The molecule has 0 atom stereocenters. The van der Waals surface area contributed by atoms with Crippen molar-refractivity contribution in [2.45, 2.75) is 20.3 Å². The van der Waals surface area contributed by atoms with Crippen LogP contribution in [0, 0.1) is 19.9 Å². The third-order valence-corrected chi connectivity index (χ3v) is 1.50. The molecule has 0 fully saturated rings. The molecule has 0 amide bonds. The van der Waals surface area contributed by atoms with Gasteiger partial charge in [-0.3, -0.25) is 0 Å².